The fourth-order valence-electron chi connectivity index (χ4n) is 6.53. The summed E-state index contributed by atoms with van der Waals surface area (Å²) in [5.74, 6) is 1.58. The van der Waals surface area contributed by atoms with Crippen LogP contribution in [0.5, 0.6) is 5.75 Å². The van der Waals surface area contributed by atoms with E-state index >= 15 is 0 Å². The van der Waals surface area contributed by atoms with Crippen molar-refractivity contribution in [1.29, 1.82) is 0 Å². The molecule has 5 aliphatic rings. The largest absolute Gasteiger partial charge is 0.508 e. The van der Waals surface area contributed by atoms with Gasteiger partial charge in [-0.25, -0.2) is 0 Å². The second-order valence-electron chi connectivity index (χ2n) is 9.46. The van der Waals surface area contributed by atoms with Crippen LogP contribution < -0.4 is 0 Å². The molecule has 4 heterocycles. The summed E-state index contributed by atoms with van der Waals surface area (Å²) in [6.07, 6.45) is 7.51. The van der Waals surface area contributed by atoms with E-state index in [2.05, 4.69) is 27.8 Å². The van der Waals surface area contributed by atoms with E-state index < -0.39 is 0 Å². The SMILES string of the molecule is CN(CC(=O)N1C[C@@H](c2cccc(O)c2)[C@@H]2[C@H]1C1CCN2CC1)C1CCCC1. The highest BCUT2D eigenvalue weighted by molar-refractivity contribution is 5.79. The molecule has 0 unspecified atom stereocenters. The zero-order valence-electron chi connectivity index (χ0n) is 17.0. The van der Waals surface area contributed by atoms with Gasteiger partial charge in [-0.1, -0.05) is 25.0 Å². The van der Waals surface area contributed by atoms with Gasteiger partial charge in [0.2, 0.25) is 5.91 Å². The zero-order valence-corrected chi connectivity index (χ0v) is 17.0. The van der Waals surface area contributed by atoms with Crippen LogP contribution in [0.15, 0.2) is 24.3 Å². The molecule has 4 saturated heterocycles. The fraction of sp³-hybridized carbons (Fsp3) is 0.696. The summed E-state index contributed by atoms with van der Waals surface area (Å²) >= 11 is 0. The van der Waals surface area contributed by atoms with Crippen molar-refractivity contribution in [2.45, 2.75) is 62.6 Å². The number of rotatable bonds is 4. The Morgan fingerprint density at radius 2 is 1.89 bits per heavy atom. The van der Waals surface area contributed by atoms with Crippen LogP contribution in [0.3, 0.4) is 0 Å². The van der Waals surface area contributed by atoms with Crippen LogP contribution in [-0.4, -0.2) is 77.1 Å². The van der Waals surface area contributed by atoms with Crippen LogP contribution in [0.25, 0.3) is 0 Å². The number of nitrogens with zero attached hydrogens (tertiary/aromatic N) is 3. The van der Waals surface area contributed by atoms with E-state index in [1.165, 1.54) is 44.1 Å². The van der Waals surface area contributed by atoms with Crippen LogP contribution in [-0.2, 0) is 4.79 Å². The van der Waals surface area contributed by atoms with Gasteiger partial charge in [0, 0.05) is 24.5 Å². The predicted octanol–water partition coefficient (Wildman–Crippen LogP) is 2.66. The molecule has 28 heavy (non-hydrogen) atoms. The minimum Gasteiger partial charge on any atom is -0.508 e. The van der Waals surface area contributed by atoms with Crippen molar-refractivity contribution < 1.29 is 9.90 Å². The first-order valence-electron chi connectivity index (χ1n) is 11.1. The third-order valence-electron chi connectivity index (χ3n) is 7.95. The minimum atomic E-state index is 0.306. The summed E-state index contributed by atoms with van der Waals surface area (Å²) in [6, 6.07) is 9.05. The summed E-state index contributed by atoms with van der Waals surface area (Å²) in [7, 11) is 2.13. The predicted molar refractivity (Wildman–Crippen MR) is 109 cm³/mol. The van der Waals surface area contributed by atoms with Crippen LogP contribution in [0.1, 0.15) is 50.0 Å². The topological polar surface area (TPSA) is 47.0 Å². The molecule has 1 saturated carbocycles. The maximum absolute atomic E-state index is 13.4. The highest BCUT2D eigenvalue weighted by Crippen LogP contribution is 2.46. The Kier molecular flexibility index (Phi) is 4.84. The summed E-state index contributed by atoms with van der Waals surface area (Å²) < 4.78 is 0. The molecule has 1 aliphatic carbocycles. The van der Waals surface area contributed by atoms with Gasteiger partial charge in [0.15, 0.2) is 0 Å². The molecule has 5 nitrogen and oxygen atoms in total. The first-order chi connectivity index (χ1) is 13.6. The minimum absolute atomic E-state index is 0.306. The molecule has 1 aromatic rings. The highest BCUT2D eigenvalue weighted by atomic mass is 16.3. The van der Waals surface area contributed by atoms with Crippen molar-refractivity contribution in [3.05, 3.63) is 29.8 Å². The number of aromatic hydroxyl groups is 1. The molecule has 0 radical (unpaired) electrons. The number of amides is 1. The Hall–Kier alpha value is -1.59. The van der Waals surface area contributed by atoms with E-state index in [-0.39, 0.29) is 0 Å². The van der Waals surface area contributed by atoms with Crippen molar-refractivity contribution in [2.24, 2.45) is 5.92 Å². The molecule has 152 valence electrons. The molecule has 0 aromatic heterocycles. The van der Waals surface area contributed by atoms with Gasteiger partial charge in [0.25, 0.3) is 0 Å². The van der Waals surface area contributed by atoms with Gasteiger partial charge >= 0.3 is 0 Å². The molecule has 5 fully saturated rings. The van der Waals surface area contributed by atoms with Crippen molar-refractivity contribution in [3.63, 3.8) is 0 Å². The normalized spacial score (nSPS) is 34.9. The molecule has 3 atom stereocenters. The monoisotopic (exact) mass is 383 g/mol. The Bertz CT molecular complexity index is 724. The number of hydrogen-bond acceptors (Lipinski definition) is 4. The van der Waals surface area contributed by atoms with Crippen molar-refractivity contribution in [3.8, 4) is 5.75 Å². The quantitative estimate of drug-likeness (QED) is 0.868. The van der Waals surface area contributed by atoms with E-state index in [1.807, 2.05) is 12.1 Å². The van der Waals surface area contributed by atoms with Gasteiger partial charge in [0.1, 0.15) is 5.75 Å². The average Bonchev–Trinajstić information content (AvgIpc) is 3.38. The summed E-state index contributed by atoms with van der Waals surface area (Å²) in [5.41, 5.74) is 1.18. The number of piperidine rings is 3. The average molecular weight is 384 g/mol. The Morgan fingerprint density at radius 3 is 2.61 bits per heavy atom. The summed E-state index contributed by atoms with van der Waals surface area (Å²) in [6.45, 7) is 3.66. The number of carbonyl (C=O) groups excluding carboxylic acids is 1. The molecule has 0 spiro atoms. The number of phenolic OH excluding ortho intramolecular Hbond substituents is 1. The van der Waals surface area contributed by atoms with Crippen molar-refractivity contribution in [1.82, 2.24) is 14.7 Å². The molecule has 1 aromatic carbocycles. The second kappa shape index (κ2) is 7.34. The van der Waals surface area contributed by atoms with E-state index in [1.54, 1.807) is 6.07 Å². The lowest BCUT2D eigenvalue weighted by Crippen LogP contribution is -2.61. The molecule has 1 amide bonds. The number of likely N-dealkylation sites (N-methyl/N-ethyl adjacent to an activating group) is 1. The first kappa shape index (κ1) is 18.4. The van der Waals surface area contributed by atoms with Crippen molar-refractivity contribution >= 4 is 5.91 Å². The first-order valence-corrected chi connectivity index (χ1v) is 11.1. The number of likely N-dealkylation sites (tertiary alicyclic amines) is 1. The lowest BCUT2D eigenvalue weighted by Gasteiger charge is -2.51. The third-order valence-corrected chi connectivity index (χ3v) is 7.95. The van der Waals surface area contributed by atoms with Gasteiger partial charge in [-0.2, -0.15) is 0 Å². The Labute approximate surface area is 168 Å². The van der Waals surface area contributed by atoms with Crippen LogP contribution in [0, 0.1) is 5.92 Å². The van der Waals surface area contributed by atoms with Gasteiger partial charge in [0.05, 0.1) is 12.6 Å². The highest BCUT2D eigenvalue weighted by Gasteiger charge is 2.54. The molecular formula is C23H33N3O2. The number of phenols is 1. The number of benzene rings is 1. The number of hydrogen-bond donors (Lipinski definition) is 1. The van der Waals surface area contributed by atoms with Gasteiger partial charge in [-0.3, -0.25) is 14.6 Å². The van der Waals surface area contributed by atoms with E-state index in [9.17, 15) is 9.90 Å². The third kappa shape index (κ3) is 3.13. The molecule has 2 bridgehead atoms. The molecule has 5 heteroatoms. The maximum atomic E-state index is 13.4. The summed E-state index contributed by atoms with van der Waals surface area (Å²) in [5, 5.41) is 10.0. The Balaban J connectivity index is 1.39. The molecular weight excluding hydrogens is 350 g/mol. The fourth-order valence-corrected chi connectivity index (χ4v) is 6.53. The smallest absolute Gasteiger partial charge is 0.237 e. The van der Waals surface area contributed by atoms with Crippen molar-refractivity contribution in [2.75, 3.05) is 33.2 Å². The van der Waals surface area contributed by atoms with Gasteiger partial charge < -0.3 is 10.0 Å². The number of fused-ring (bicyclic) bond motifs is 2. The molecule has 4 aliphatic heterocycles. The Morgan fingerprint density at radius 1 is 1.14 bits per heavy atom. The second-order valence-corrected chi connectivity index (χ2v) is 9.46. The van der Waals surface area contributed by atoms with E-state index in [0.29, 0.717) is 48.2 Å². The van der Waals surface area contributed by atoms with Crippen LogP contribution in [0.4, 0.5) is 0 Å². The van der Waals surface area contributed by atoms with Gasteiger partial charge in [-0.15, -0.1) is 0 Å². The molecule has 6 rings (SSSR count). The molecule has 1 N–H and O–H groups in total. The van der Waals surface area contributed by atoms with Gasteiger partial charge in [-0.05, 0) is 69.4 Å². The van der Waals surface area contributed by atoms with Crippen LogP contribution in [0.2, 0.25) is 0 Å². The zero-order chi connectivity index (χ0) is 19.3. The lowest BCUT2D eigenvalue weighted by atomic mass is 9.75. The summed E-state index contributed by atoms with van der Waals surface area (Å²) in [4.78, 5) is 20.5. The number of carbonyl (C=O) groups is 1. The van der Waals surface area contributed by atoms with Crippen LogP contribution >= 0.6 is 0 Å². The maximum Gasteiger partial charge on any atom is 0.237 e. The standard InChI is InChI=1S/C23H33N3O2/c1-24(18-6-2-3-7-18)15-21(28)26-14-20(17-5-4-8-19(27)13-17)23-22(26)16-9-11-25(23)12-10-16/h4-5,8,13,16,18,20,22-23,27H,2-3,6-7,9-12,14-15H2,1H3/t20-,22+,23+/m0/s1. The van der Waals surface area contributed by atoms with E-state index in [0.717, 1.165) is 19.6 Å². The van der Waals surface area contributed by atoms with E-state index in [4.69, 9.17) is 0 Å². The lowest BCUT2D eigenvalue weighted by molar-refractivity contribution is -0.137.